The van der Waals surface area contributed by atoms with E-state index in [1.165, 1.54) is 16.6 Å². The Morgan fingerprint density at radius 3 is 1.97 bits per heavy atom. The van der Waals surface area contributed by atoms with Gasteiger partial charge in [0, 0.05) is 11.1 Å². The van der Waals surface area contributed by atoms with Gasteiger partial charge < -0.3 is 4.40 Å². The van der Waals surface area contributed by atoms with Crippen molar-refractivity contribution in [2.75, 3.05) is 0 Å². The number of aryl methyl sites for hydroxylation is 3. The van der Waals surface area contributed by atoms with Crippen molar-refractivity contribution in [2.24, 2.45) is 0 Å². The third kappa shape index (κ3) is 2.46. The summed E-state index contributed by atoms with van der Waals surface area (Å²) >= 11 is 0. The molecule has 0 unspecified atom stereocenters. The van der Waals surface area contributed by atoms with Gasteiger partial charge >= 0.3 is 0 Å². The fraction of sp³-hybridized carbons (Fsp3) is 0.143. The maximum absolute atomic E-state index is 13.8. The van der Waals surface area contributed by atoms with Crippen LogP contribution in [0.4, 0.5) is 0 Å². The summed E-state index contributed by atoms with van der Waals surface area (Å²) in [4.78, 5) is 27.6. The van der Waals surface area contributed by atoms with Crippen molar-refractivity contribution < 1.29 is 9.59 Å². The van der Waals surface area contributed by atoms with Gasteiger partial charge in [0.1, 0.15) is 0 Å². The van der Waals surface area contributed by atoms with Crippen LogP contribution >= 0.6 is 0 Å². The highest BCUT2D eigenvalue weighted by Crippen LogP contribution is 2.41. The van der Waals surface area contributed by atoms with Crippen LogP contribution < -0.4 is 0 Å². The molecule has 0 spiro atoms. The van der Waals surface area contributed by atoms with Crippen LogP contribution in [0.5, 0.6) is 0 Å². The molecule has 1 aliphatic carbocycles. The minimum atomic E-state index is -0.101. The van der Waals surface area contributed by atoms with Crippen LogP contribution in [0.1, 0.15) is 55.0 Å². The van der Waals surface area contributed by atoms with Gasteiger partial charge in [0.25, 0.3) is 0 Å². The number of aromatic nitrogens is 1. The molecular formula is C28H21NO2. The second kappa shape index (κ2) is 6.64. The molecule has 0 saturated heterocycles. The average Bonchev–Trinajstić information content (AvgIpc) is 3.33. The van der Waals surface area contributed by atoms with Crippen molar-refractivity contribution in [1.82, 2.24) is 4.40 Å². The topological polar surface area (TPSA) is 38.5 Å². The maximum Gasteiger partial charge on any atom is 0.195 e. The molecule has 3 aromatic heterocycles. The van der Waals surface area contributed by atoms with Crippen molar-refractivity contribution in [1.29, 1.82) is 0 Å². The van der Waals surface area contributed by atoms with Crippen molar-refractivity contribution in [2.45, 2.75) is 26.2 Å². The molecule has 0 fully saturated rings. The van der Waals surface area contributed by atoms with Gasteiger partial charge in [-0.05, 0) is 48.9 Å². The quantitative estimate of drug-likeness (QED) is 0.356. The summed E-state index contributed by atoms with van der Waals surface area (Å²) in [5.74, 6) is -0.193. The van der Waals surface area contributed by atoms with E-state index in [9.17, 15) is 9.59 Å². The predicted molar refractivity (Wildman–Crippen MR) is 123 cm³/mol. The minimum Gasteiger partial charge on any atom is -0.308 e. The molecule has 3 nitrogen and oxygen atoms in total. The summed E-state index contributed by atoms with van der Waals surface area (Å²) in [6.45, 7) is 2.10. The van der Waals surface area contributed by atoms with Crippen LogP contribution in [0, 0.1) is 6.92 Å². The molecule has 5 aromatic rings. The molecule has 0 N–H and O–H groups in total. The van der Waals surface area contributed by atoms with Crippen molar-refractivity contribution in [3.63, 3.8) is 0 Å². The highest BCUT2D eigenvalue weighted by molar-refractivity contribution is 6.27. The molecule has 0 bridgehead atoms. The second-order valence-corrected chi connectivity index (χ2v) is 8.37. The van der Waals surface area contributed by atoms with E-state index in [4.69, 9.17) is 0 Å². The van der Waals surface area contributed by atoms with E-state index in [1.807, 2.05) is 66.7 Å². The molecule has 3 heteroatoms. The molecule has 6 rings (SSSR count). The van der Waals surface area contributed by atoms with Crippen LogP contribution in [0.2, 0.25) is 0 Å². The Kier molecular flexibility index (Phi) is 3.87. The number of pyridine rings is 1. The Labute approximate surface area is 180 Å². The van der Waals surface area contributed by atoms with E-state index in [-0.39, 0.29) is 11.6 Å². The molecular weight excluding hydrogens is 382 g/mol. The molecule has 0 amide bonds. The zero-order valence-corrected chi connectivity index (χ0v) is 17.3. The summed E-state index contributed by atoms with van der Waals surface area (Å²) in [6.07, 6.45) is 3.16. The molecule has 31 heavy (non-hydrogen) atoms. The van der Waals surface area contributed by atoms with Crippen LogP contribution in [-0.4, -0.2) is 16.0 Å². The lowest BCUT2D eigenvalue weighted by molar-refractivity contribution is 0.101. The van der Waals surface area contributed by atoms with Gasteiger partial charge in [0.15, 0.2) is 11.6 Å². The van der Waals surface area contributed by atoms with Crippen LogP contribution in [-0.2, 0) is 12.8 Å². The molecule has 2 aromatic carbocycles. The Bertz CT molecular complexity index is 1480. The number of ketones is 2. The van der Waals surface area contributed by atoms with Gasteiger partial charge in [-0.2, -0.15) is 0 Å². The molecule has 3 heterocycles. The number of hydrogen-bond donors (Lipinski definition) is 0. The number of carbonyl (C=O) groups excluding carboxylic acids is 2. The highest BCUT2D eigenvalue weighted by atomic mass is 16.1. The molecule has 1 aliphatic rings. The van der Waals surface area contributed by atoms with E-state index in [0.29, 0.717) is 22.3 Å². The second-order valence-electron chi connectivity index (χ2n) is 8.37. The van der Waals surface area contributed by atoms with Gasteiger partial charge in [0.05, 0.1) is 27.7 Å². The lowest BCUT2D eigenvalue weighted by atomic mass is 9.90. The average molecular weight is 403 g/mol. The first-order valence-corrected chi connectivity index (χ1v) is 10.8. The number of nitrogens with zero attached hydrogens (tertiary/aromatic N) is 1. The third-order valence-electron chi connectivity index (χ3n) is 6.67. The number of rotatable bonds is 4. The van der Waals surface area contributed by atoms with E-state index in [2.05, 4.69) is 17.4 Å². The Morgan fingerprint density at radius 2 is 1.32 bits per heavy atom. The van der Waals surface area contributed by atoms with Crippen molar-refractivity contribution in [3.8, 4) is 0 Å². The number of carbonyl (C=O) groups is 2. The smallest absolute Gasteiger partial charge is 0.195 e. The summed E-state index contributed by atoms with van der Waals surface area (Å²) in [5, 5.41) is 0. The Morgan fingerprint density at radius 1 is 0.710 bits per heavy atom. The first kappa shape index (κ1) is 18.1. The van der Waals surface area contributed by atoms with Gasteiger partial charge in [-0.1, -0.05) is 66.7 Å². The fourth-order valence-electron chi connectivity index (χ4n) is 5.27. The van der Waals surface area contributed by atoms with E-state index in [1.54, 1.807) is 0 Å². The molecule has 0 aliphatic heterocycles. The van der Waals surface area contributed by atoms with Crippen LogP contribution in [0.3, 0.4) is 0 Å². The zero-order chi connectivity index (χ0) is 21.1. The zero-order valence-electron chi connectivity index (χ0n) is 17.3. The highest BCUT2D eigenvalue weighted by Gasteiger charge is 2.32. The summed E-state index contributed by atoms with van der Waals surface area (Å²) in [5.41, 5.74) is 8.94. The van der Waals surface area contributed by atoms with Gasteiger partial charge in [-0.15, -0.1) is 0 Å². The van der Waals surface area contributed by atoms with Gasteiger partial charge in [0.2, 0.25) is 0 Å². The number of benzene rings is 2. The predicted octanol–water partition coefficient (Wildman–Crippen LogP) is 5.79. The monoisotopic (exact) mass is 403 g/mol. The summed E-state index contributed by atoms with van der Waals surface area (Å²) in [7, 11) is 0. The number of hydrogen-bond acceptors (Lipinski definition) is 2. The Balaban J connectivity index is 1.74. The van der Waals surface area contributed by atoms with Crippen LogP contribution in [0.15, 0.2) is 72.8 Å². The minimum absolute atomic E-state index is 0.0917. The molecule has 0 atom stereocenters. The maximum atomic E-state index is 13.8. The first-order chi connectivity index (χ1) is 15.2. The molecule has 150 valence electrons. The van der Waals surface area contributed by atoms with E-state index >= 15 is 0 Å². The van der Waals surface area contributed by atoms with Crippen molar-refractivity contribution >= 4 is 28.1 Å². The third-order valence-corrected chi connectivity index (χ3v) is 6.67. The fourth-order valence-corrected chi connectivity index (χ4v) is 5.27. The lowest BCUT2D eigenvalue weighted by Crippen LogP contribution is -2.10. The first-order valence-electron chi connectivity index (χ1n) is 10.8. The summed E-state index contributed by atoms with van der Waals surface area (Å²) in [6, 6.07) is 22.7. The normalized spacial score (nSPS) is 13.2. The Hall–Kier alpha value is -3.72. The summed E-state index contributed by atoms with van der Waals surface area (Å²) < 4.78 is 2.19. The van der Waals surface area contributed by atoms with E-state index < -0.39 is 0 Å². The van der Waals surface area contributed by atoms with E-state index in [0.717, 1.165) is 35.9 Å². The standard InChI is InChI=1S/C28H21NO2/c1-17-21-14-8-13-18-15-16-22-23(27(30)19-9-4-2-5-10-19)24(25(17)29(22)26(18)21)28(31)20-11-6-3-7-12-20/h2-7,9-12,15-16H,8,13-14H2,1H3. The van der Waals surface area contributed by atoms with Gasteiger partial charge in [-0.25, -0.2) is 0 Å². The largest absolute Gasteiger partial charge is 0.308 e. The lowest BCUT2D eigenvalue weighted by Gasteiger charge is -2.14. The van der Waals surface area contributed by atoms with Crippen molar-refractivity contribution in [3.05, 3.63) is 112 Å². The SMILES string of the molecule is Cc1c2c3c(ccc4c(C(=O)c5ccccc5)c(C(=O)c5ccccc5)c1n43)CCC2. The molecule has 0 saturated carbocycles. The molecule has 0 radical (unpaired) electrons. The van der Waals surface area contributed by atoms with Gasteiger partial charge in [-0.3, -0.25) is 9.59 Å². The van der Waals surface area contributed by atoms with Crippen LogP contribution in [0.25, 0.3) is 16.6 Å².